The van der Waals surface area contributed by atoms with Gasteiger partial charge in [-0.15, -0.1) is 0 Å². The molecule has 0 saturated heterocycles. The Bertz CT molecular complexity index is 588. The van der Waals surface area contributed by atoms with E-state index in [4.69, 9.17) is 4.74 Å². The molecule has 0 aliphatic carbocycles. The zero-order valence-corrected chi connectivity index (χ0v) is 16.3. The van der Waals surface area contributed by atoms with Gasteiger partial charge in [0.05, 0.1) is 12.7 Å². The molecule has 23 heavy (non-hydrogen) atoms. The summed E-state index contributed by atoms with van der Waals surface area (Å²) in [6, 6.07) is 0. The van der Waals surface area contributed by atoms with Crippen LogP contribution in [0.2, 0.25) is 0 Å². The van der Waals surface area contributed by atoms with Crippen molar-refractivity contribution in [1.82, 2.24) is 0 Å². The van der Waals surface area contributed by atoms with E-state index in [1.165, 1.54) is 18.4 Å². The smallest absolute Gasteiger partial charge is 0.346 e. The molecule has 0 aromatic carbocycles. The van der Waals surface area contributed by atoms with E-state index in [1.807, 2.05) is 0 Å². The Balaban J connectivity index is 3.82. The predicted molar refractivity (Wildman–Crippen MR) is 93.9 cm³/mol. The molecule has 0 saturated carbocycles. The number of nitrogens with two attached hydrogens (primary N) is 1. The normalized spacial score (nSPS) is 22.3. The summed E-state index contributed by atoms with van der Waals surface area (Å²) < 4.78 is 4.92. The van der Waals surface area contributed by atoms with Crippen molar-refractivity contribution in [2.45, 2.75) is 67.9 Å². The highest BCUT2D eigenvalue weighted by molar-refractivity contribution is 6.02. The fraction of sp³-hybridized carbons (Fsp3) is 0.737. The number of hydrogen-bond acceptors (Lipinski definition) is 2. The first-order chi connectivity index (χ1) is 10.1. The molecule has 2 N–H and O–H groups in total. The number of methoxy groups -OCH3 is 1. The summed E-state index contributed by atoms with van der Waals surface area (Å²) in [5, 5.41) is 11.9. The number of allylic oxidation sites excluding steroid dienone is 1. The van der Waals surface area contributed by atoms with Crippen LogP contribution >= 0.6 is 0 Å². The molecule has 0 fully saturated rings. The van der Waals surface area contributed by atoms with Gasteiger partial charge in [-0.25, -0.2) is 4.79 Å². The zero-order valence-electron chi connectivity index (χ0n) is 16.3. The molecule has 0 spiro atoms. The Morgan fingerprint density at radius 2 is 1.52 bits per heavy atom. The summed E-state index contributed by atoms with van der Waals surface area (Å²) in [5.74, 6) is 1.62. The highest BCUT2D eigenvalue weighted by Crippen LogP contribution is 2.52. The Morgan fingerprint density at radius 3 is 1.78 bits per heavy atom. The third-order valence-corrected chi connectivity index (χ3v) is 4.66. The number of esters is 1. The molecular weight excluding hydrogens is 288 g/mol. The van der Waals surface area contributed by atoms with E-state index in [2.05, 4.69) is 73.5 Å². The van der Waals surface area contributed by atoms with Crippen molar-refractivity contribution in [3.8, 4) is 0 Å². The van der Waals surface area contributed by atoms with Crippen LogP contribution in [0.25, 0.3) is 5.41 Å². The number of carbonyl (C=O) groups excluding carboxylic acids is 1. The molecule has 1 atom stereocenters. The summed E-state index contributed by atoms with van der Waals surface area (Å²) >= 11 is 0. The summed E-state index contributed by atoms with van der Waals surface area (Å²) in [5.41, 5.74) is 1.42. The molecule has 0 radical (unpaired) electrons. The van der Waals surface area contributed by atoms with Crippen LogP contribution in [-0.4, -0.2) is 24.5 Å². The Labute approximate surface area is 140 Å². The number of ether oxygens (including phenoxy) is 1. The Hall–Kier alpha value is -1.38. The maximum Gasteiger partial charge on any atom is 0.346 e. The van der Waals surface area contributed by atoms with E-state index >= 15 is 0 Å². The summed E-state index contributed by atoms with van der Waals surface area (Å²) in [4.78, 5) is 12.3. The molecule has 4 heteroatoms. The molecule has 0 aromatic heterocycles. The van der Waals surface area contributed by atoms with Crippen molar-refractivity contribution < 1.29 is 14.8 Å². The van der Waals surface area contributed by atoms with Gasteiger partial charge in [-0.1, -0.05) is 62.3 Å². The Morgan fingerprint density at radius 1 is 1.04 bits per heavy atom. The number of quaternary nitrogens is 1. The maximum atomic E-state index is 12.3. The standard InChI is InChI=1S/C19H31N2O2/c1-16(2,3)13-14(17(4,5)6)21-19(13,18(7,8)9)12(11-20)15(22)23-10/h21H,1-10H3/q-1/p+1. The minimum atomic E-state index is -0.685. The second-order valence-corrected chi connectivity index (χ2v) is 9.47. The molecule has 1 aliphatic heterocycles. The number of nitrogens with zero attached hydrogens (tertiary/aromatic N) is 1. The highest BCUT2D eigenvalue weighted by Gasteiger charge is 2.66. The summed E-state index contributed by atoms with van der Waals surface area (Å²) in [6.45, 7) is 19.2. The molecule has 4 nitrogen and oxygen atoms in total. The van der Waals surface area contributed by atoms with Gasteiger partial charge in [0, 0.05) is 10.8 Å². The second kappa shape index (κ2) is 5.61. The lowest BCUT2D eigenvalue weighted by Gasteiger charge is -2.56. The largest absolute Gasteiger partial charge is 0.763 e. The Kier molecular flexibility index (Phi) is 4.80. The van der Waals surface area contributed by atoms with Crippen molar-refractivity contribution in [3.05, 3.63) is 22.3 Å². The molecule has 1 rings (SSSR count). The molecule has 0 aromatic rings. The minimum Gasteiger partial charge on any atom is -0.763 e. The van der Waals surface area contributed by atoms with E-state index in [1.54, 1.807) is 0 Å². The van der Waals surface area contributed by atoms with Gasteiger partial charge in [-0.05, 0) is 5.41 Å². The topological polar surface area (TPSA) is 65.2 Å². The molecule has 1 aliphatic rings. The first kappa shape index (κ1) is 19.7. The molecule has 1 heterocycles. The fourth-order valence-corrected chi connectivity index (χ4v) is 3.64. The van der Waals surface area contributed by atoms with Crippen LogP contribution in [0.15, 0.2) is 16.8 Å². The van der Waals surface area contributed by atoms with Gasteiger partial charge in [-0.2, -0.15) is 0 Å². The first-order valence-corrected chi connectivity index (χ1v) is 8.12. The number of rotatable bonds is 2. The van der Waals surface area contributed by atoms with Gasteiger partial charge in [0.2, 0.25) is 0 Å². The van der Waals surface area contributed by atoms with Crippen molar-refractivity contribution in [2.24, 2.45) is 16.2 Å². The fourth-order valence-electron chi connectivity index (χ4n) is 3.64. The minimum absolute atomic E-state index is 0.0337. The van der Waals surface area contributed by atoms with Crippen molar-refractivity contribution in [1.29, 1.82) is 0 Å². The second-order valence-electron chi connectivity index (χ2n) is 9.47. The van der Waals surface area contributed by atoms with Crippen LogP contribution < -0.4 is 5.32 Å². The molecule has 0 bridgehead atoms. The van der Waals surface area contributed by atoms with Crippen LogP contribution in [0.4, 0.5) is 0 Å². The zero-order chi connectivity index (χ0) is 18.4. The van der Waals surface area contributed by atoms with E-state index in [-0.39, 0.29) is 21.8 Å². The summed E-state index contributed by atoms with van der Waals surface area (Å²) in [7, 11) is 1.33. The van der Waals surface area contributed by atoms with Crippen LogP contribution in [0.1, 0.15) is 62.3 Å². The predicted octanol–water partition coefficient (Wildman–Crippen LogP) is 3.03. The van der Waals surface area contributed by atoms with E-state index < -0.39 is 11.5 Å². The van der Waals surface area contributed by atoms with E-state index in [9.17, 15) is 10.2 Å². The highest BCUT2D eigenvalue weighted by atomic mass is 16.5. The molecule has 1 unspecified atom stereocenters. The van der Waals surface area contributed by atoms with E-state index in [0.29, 0.717) is 0 Å². The van der Waals surface area contributed by atoms with Crippen molar-refractivity contribution in [3.63, 3.8) is 0 Å². The quantitative estimate of drug-likeness (QED) is 0.483. The number of carbonyl (C=O) groups is 1. The average molecular weight is 320 g/mol. The molecule has 0 amide bonds. The van der Waals surface area contributed by atoms with Gasteiger partial charge < -0.3 is 15.5 Å². The summed E-state index contributed by atoms with van der Waals surface area (Å²) in [6.07, 6.45) is 0. The molecule has 130 valence electrons. The van der Waals surface area contributed by atoms with E-state index in [0.717, 1.165) is 0 Å². The van der Waals surface area contributed by atoms with Gasteiger partial charge >= 0.3 is 5.97 Å². The number of hydrogen-bond donors (Lipinski definition) is 1. The van der Waals surface area contributed by atoms with Crippen LogP contribution in [0.5, 0.6) is 0 Å². The van der Waals surface area contributed by atoms with Crippen LogP contribution in [-0.2, 0) is 9.53 Å². The third kappa shape index (κ3) is 3.02. The lowest BCUT2D eigenvalue weighted by molar-refractivity contribution is -0.720. The van der Waals surface area contributed by atoms with Crippen molar-refractivity contribution in [2.75, 3.05) is 7.11 Å². The van der Waals surface area contributed by atoms with Gasteiger partial charge in [0.15, 0.2) is 5.54 Å². The maximum absolute atomic E-state index is 12.3. The van der Waals surface area contributed by atoms with Gasteiger partial charge in [-0.3, -0.25) is 5.87 Å². The molecular formula is C19H32N2O2. The first-order valence-electron chi connectivity index (χ1n) is 8.12. The average Bonchev–Trinajstić information content (AvgIpc) is 2.26. The SMILES string of the molecule is COC(=O)C(=C=[N-])C1(C(C)(C)C)[NH2+]C(C(C)(C)C)=C1C(C)(C)C. The van der Waals surface area contributed by atoms with Gasteiger partial charge in [0.25, 0.3) is 0 Å². The van der Waals surface area contributed by atoms with Crippen LogP contribution in [0.3, 0.4) is 0 Å². The van der Waals surface area contributed by atoms with Crippen LogP contribution in [0, 0.1) is 16.2 Å². The lowest BCUT2D eigenvalue weighted by atomic mass is 9.53. The lowest BCUT2D eigenvalue weighted by Crippen LogP contribution is -3.08. The third-order valence-electron chi connectivity index (χ3n) is 4.66. The monoisotopic (exact) mass is 320 g/mol. The van der Waals surface area contributed by atoms with Gasteiger partial charge in [0.1, 0.15) is 11.3 Å². The van der Waals surface area contributed by atoms with Crippen molar-refractivity contribution >= 4 is 11.8 Å².